The number of halogens is 3. The topological polar surface area (TPSA) is 63.2 Å². The summed E-state index contributed by atoms with van der Waals surface area (Å²) in [5, 5.41) is 5.46. The van der Waals surface area contributed by atoms with E-state index in [1.54, 1.807) is 6.07 Å². The quantitative estimate of drug-likeness (QED) is 0.591. The number of nitrogens with one attached hydrogen (secondary N) is 2. The second kappa shape index (κ2) is 8.43. The van der Waals surface area contributed by atoms with Crippen molar-refractivity contribution in [2.45, 2.75) is 6.92 Å². The molecule has 5 nitrogen and oxygen atoms in total. The summed E-state index contributed by atoms with van der Waals surface area (Å²) in [6.07, 6.45) is 1.47. The van der Waals surface area contributed by atoms with E-state index in [1.807, 2.05) is 31.2 Å². The van der Waals surface area contributed by atoms with E-state index in [0.717, 1.165) is 17.5 Å². The van der Waals surface area contributed by atoms with Gasteiger partial charge in [0.2, 0.25) is 0 Å². The number of benzene rings is 2. The van der Waals surface area contributed by atoms with Crippen molar-refractivity contribution in [1.82, 2.24) is 4.98 Å². The summed E-state index contributed by atoms with van der Waals surface area (Å²) < 4.78 is 45.3. The van der Waals surface area contributed by atoms with Crippen LogP contribution < -0.4 is 15.4 Å². The van der Waals surface area contributed by atoms with Crippen LogP contribution in [-0.2, 0) is 0 Å². The molecule has 2 aromatic carbocycles. The zero-order valence-electron chi connectivity index (χ0n) is 14.8. The Morgan fingerprint density at radius 1 is 0.964 bits per heavy atom. The number of ether oxygens (including phenoxy) is 1. The Kier molecular flexibility index (Phi) is 5.78. The molecule has 0 aliphatic heterocycles. The Hall–Kier alpha value is -3.55. The summed E-state index contributed by atoms with van der Waals surface area (Å²) >= 11 is 0. The molecule has 28 heavy (non-hydrogen) atoms. The molecule has 1 heterocycles. The molecule has 0 aliphatic rings. The van der Waals surface area contributed by atoms with E-state index in [4.69, 9.17) is 4.74 Å². The molecule has 1 amide bonds. The smallest absolute Gasteiger partial charge is 0.259 e. The lowest BCUT2D eigenvalue weighted by Gasteiger charge is -2.09. The lowest BCUT2D eigenvalue weighted by atomic mass is 10.2. The van der Waals surface area contributed by atoms with Crippen LogP contribution in [0, 0.1) is 17.5 Å². The third-order valence-corrected chi connectivity index (χ3v) is 3.74. The predicted molar refractivity (Wildman–Crippen MR) is 99.4 cm³/mol. The summed E-state index contributed by atoms with van der Waals surface area (Å²) in [7, 11) is 0. The first-order chi connectivity index (χ1) is 13.5. The fraction of sp³-hybridized carbons (Fsp3) is 0.100. The Bertz CT molecular complexity index is 977. The van der Waals surface area contributed by atoms with Crippen LogP contribution in [0.15, 0.2) is 54.7 Å². The van der Waals surface area contributed by atoms with E-state index in [-0.39, 0.29) is 5.82 Å². The van der Waals surface area contributed by atoms with Gasteiger partial charge in [0.1, 0.15) is 11.6 Å². The normalized spacial score (nSPS) is 10.4. The zero-order chi connectivity index (χ0) is 20.1. The molecule has 0 spiro atoms. The minimum Gasteiger partial charge on any atom is -0.494 e. The van der Waals surface area contributed by atoms with Gasteiger partial charge in [0.25, 0.3) is 5.91 Å². The van der Waals surface area contributed by atoms with Gasteiger partial charge in [-0.3, -0.25) is 4.79 Å². The molecule has 0 fully saturated rings. The van der Waals surface area contributed by atoms with Crippen LogP contribution in [-0.4, -0.2) is 17.5 Å². The van der Waals surface area contributed by atoms with Crippen LogP contribution in [0.1, 0.15) is 17.3 Å². The van der Waals surface area contributed by atoms with Crippen molar-refractivity contribution in [3.8, 4) is 5.75 Å². The number of carbonyl (C=O) groups is 1. The van der Waals surface area contributed by atoms with E-state index < -0.39 is 28.9 Å². The van der Waals surface area contributed by atoms with Gasteiger partial charge in [-0.1, -0.05) is 0 Å². The van der Waals surface area contributed by atoms with E-state index in [0.29, 0.717) is 18.4 Å². The van der Waals surface area contributed by atoms with E-state index in [1.165, 1.54) is 12.3 Å². The molecule has 2 N–H and O–H groups in total. The van der Waals surface area contributed by atoms with E-state index in [9.17, 15) is 18.0 Å². The number of rotatable bonds is 6. The Morgan fingerprint density at radius 2 is 1.68 bits per heavy atom. The lowest BCUT2D eigenvalue weighted by Crippen LogP contribution is -2.16. The second-order valence-electron chi connectivity index (χ2n) is 5.69. The van der Waals surface area contributed by atoms with E-state index in [2.05, 4.69) is 15.6 Å². The molecule has 144 valence electrons. The molecule has 0 radical (unpaired) electrons. The number of nitrogens with zero attached hydrogens (tertiary/aromatic N) is 1. The van der Waals surface area contributed by atoms with Crippen LogP contribution in [0.4, 0.5) is 30.4 Å². The molecule has 0 unspecified atom stereocenters. The van der Waals surface area contributed by atoms with Crippen molar-refractivity contribution in [2.75, 3.05) is 17.2 Å². The maximum atomic E-state index is 13.7. The molecular weight excluding hydrogens is 371 g/mol. The average Bonchev–Trinajstić information content (AvgIpc) is 2.69. The Balaban J connectivity index is 1.66. The van der Waals surface area contributed by atoms with Crippen molar-refractivity contribution in [1.29, 1.82) is 0 Å². The number of anilines is 3. The Labute approximate surface area is 159 Å². The second-order valence-corrected chi connectivity index (χ2v) is 5.69. The minimum absolute atomic E-state index is 0.131. The number of hydrogen-bond donors (Lipinski definition) is 2. The summed E-state index contributed by atoms with van der Waals surface area (Å²) in [6, 6.07) is 12.0. The first-order valence-corrected chi connectivity index (χ1v) is 8.38. The van der Waals surface area contributed by atoms with Gasteiger partial charge in [-0.2, -0.15) is 0 Å². The van der Waals surface area contributed by atoms with Gasteiger partial charge in [0.15, 0.2) is 17.5 Å². The maximum absolute atomic E-state index is 13.7. The molecule has 0 bridgehead atoms. The molecule has 3 rings (SSSR count). The fourth-order valence-corrected chi connectivity index (χ4v) is 2.39. The van der Waals surface area contributed by atoms with Crippen molar-refractivity contribution >= 4 is 23.1 Å². The molecule has 0 saturated heterocycles. The summed E-state index contributed by atoms with van der Waals surface area (Å²) in [5.41, 5.74) is 0.851. The van der Waals surface area contributed by atoms with Crippen molar-refractivity contribution in [3.05, 3.63) is 77.7 Å². The fourth-order valence-electron chi connectivity index (χ4n) is 2.39. The number of aromatic nitrogens is 1. The number of amides is 1. The molecular formula is C20H16F3N3O2. The monoisotopic (exact) mass is 387 g/mol. The van der Waals surface area contributed by atoms with Gasteiger partial charge in [0.05, 0.1) is 24.1 Å². The lowest BCUT2D eigenvalue weighted by molar-refractivity contribution is 0.102. The standard InChI is InChI=1S/C20H16F3N3O2/c1-2-28-14-6-3-12(4-7-14)25-13-5-10-17(24-11-13)26-20(27)15-8-9-16(21)19(23)18(15)22/h3-11,25H,2H2,1H3,(H,24,26,27). The molecule has 8 heteroatoms. The van der Waals surface area contributed by atoms with Crippen molar-refractivity contribution in [3.63, 3.8) is 0 Å². The van der Waals surface area contributed by atoms with Gasteiger partial charge in [0, 0.05) is 5.69 Å². The molecule has 0 atom stereocenters. The highest BCUT2D eigenvalue weighted by Crippen LogP contribution is 2.21. The number of hydrogen-bond acceptors (Lipinski definition) is 4. The van der Waals surface area contributed by atoms with Crippen molar-refractivity contribution in [2.24, 2.45) is 0 Å². The summed E-state index contributed by atoms with van der Waals surface area (Å²) in [6.45, 7) is 2.48. The molecule has 1 aromatic heterocycles. The first-order valence-electron chi connectivity index (χ1n) is 8.38. The highest BCUT2D eigenvalue weighted by molar-refractivity contribution is 6.04. The minimum atomic E-state index is -1.70. The predicted octanol–water partition coefficient (Wildman–Crippen LogP) is 4.89. The number of carbonyl (C=O) groups excluding carboxylic acids is 1. The average molecular weight is 387 g/mol. The molecule has 0 aliphatic carbocycles. The molecule has 0 saturated carbocycles. The third-order valence-electron chi connectivity index (χ3n) is 3.74. The maximum Gasteiger partial charge on any atom is 0.259 e. The summed E-state index contributed by atoms with van der Waals surface area (Å²) in [5.74, 6) is -4.66. The number of pyridine rings is 1. The largest absolute Gasteiger partial charge is 0.494 e. The SMILES string of the molecule is CCOc1ccc(Nc2ccc(NC(=O)c3ccc(F)c(F)c3F)nc2)cc1. The highest BCUT2D eigenvalue weighted by Gasteiger charge is 2.19. The first kappa shape index (κ1) is 19.2. The van der Waals surface area contributed by atoms with Gasteiger partial charge in [-0.15, -0.1) is 0 Å². The van der Waals surface area contributed by atoms with Crippen molar-refractivity contribution < 1.29 is 22.7 Å². The Morgan fingerprint density at radius 3 is 2.32 bits per heavy atom. The van der Waals surface area contributed by atoms with Gasteiger partial charge < -0.3 is 15.4 Å². The van der Waals surface area contributed by atoms with Crippen LogP contribution in [0.25, 0.3) is 0 Å². The van der Waals surface area contributed by atoms with Crippen LogP contribution in [0.5, 0.6) is 5.75 Å². The van der Waals surface area contributed by atoms with Crippen LogP contribution in [0.3, 0.4) is 0 Å². The highest BCUT2D eigenvalue weighted by atomic mass is 19.2. The van der Waals surface area contributed by atoms with E-state index >= 15 is 0 Å². The zero-order valence-corrected chi connectivity index (χ0v) is 14.8. The van der Waals surface area contributed by atoms with Gasteiger partial charge in [-0.25, -0.2) is 18.2 Å². The molecule has 3 aromatic rings. The van der Waals surface area contributed by atoms with Crippen LogP contribution in [0.2, 0.25) is 0 Å². The van der Waals surface area contributed by atoms with Gasteiger partial charge >= 0.3 is 0 Å². The third kappa shape index (κ3) is 4.40. The van der Waals surface area contributed by atoms with Crippen LogP contribution >= 0.6 is 0 Å². The van der Waals surface area contributed by atoms with Gasteiger partial charge in [-0.05, 0) is 55.5 Å². The summed E-state index contributed by atoms with van der Waals surface area (Å²) in [4.78, 5) is 16.1.